The third kappa shape index (κ3) is 1.25. The van der Waals surface area contributed by atoms with Crippen molar-refractivity contribution in [1.82, 2.24) is 0 Å². The smallest absolute Gasteiger partial charge is 0.204 e. The van der Waals surface area contributed by atoms with Gasteiger partial charge in [-0.2, -0.15) is 0 Å². The zero-order chi connectivity index (χ0) is 6.10. The molecule has 50 valence electrons. The number of hydrogen-bond donors (Lipinski definition) is 0. The van der Waals surface area contributed by atoms with Crippen LogP contribution in [0.4, 0.5) is 0 Å². The Morgan fingerprint density at radius 1 is 1.44 bits per heavy atom. The molecule has 2 heteroatoms. The van der Waals surface area contributed by atoms with Gasteiger partial charge in [0.05, 0.1) is 0 Å². The zero-order valence-corrected chi connectivity index (χ0v) is 6.75. The fourth-order valence-corrected chi connectivity index (χ4v) is 3.86. The summed E-state index contributed by atoms with van der Waals surface area (Å²) in [7, 11) is -0.727. The van der Waals surface area contributed by atoms with E-state index in [0.717, 1.165) is 6.61 Å². The predicted molar refractivity (Wildman–Crippen MR) is 39.8 cm³/mol. The van der Waals surface area contributed by atoms with Gasteiger partial charge in [0.1, 0.15) is 0 Å². The van der Waals surface area contributed by atoms with E-state index in [1.165, 1.54) is 25.3 Å². The third-order valence-electron chi connectivity index (χ3n) is 2.03. The van der Waals surface area contributed by atoms with Gasteiger partial charge in [0.2, 0.25) is 9.04 Å². The lowest BCUT2D eigenvalue weighted by Crippen LogP contribution is -2.22. The molecule has 0 aromatic rings. The Balaban J connectivity index is 1.87. The molecule has 2 rings (SSSR count). The summed E-state index contributed by atoms with van der Waals surface area (Å²) in [4.78, 5) is 0. The molecule has 1 fully saturated rings. The van der Waals surface area contributed by atoms with E-state index in [-0.39, 0.29) is 0 Å². The SMILES string of the molecule is C1=C([SiH]2CCCCO2)C1. The first-order valence-electron chi connectivity index (χ1n) is 3.77. The Morgan fingerprint density at radius 3 is 2.89 bits per heavy atom. The summed E-state index contributed by atoms with van der Waals surface area (Å²) < 4.78 is 5.67. The van der Waals surface area contributed by atoms with Crippen molar-refractivity contribution in [1.29, 1.82) is 0 Å². The first kappa shape index (κ1) is 5.68. The highest BCUT2D eigenvalue weighted by molar-refractivity contribution is 6.61. The van der Waals surface area contributed by atoms with Gasteiger partial charge in [0.25, 0.3) is 0 Å². The van der Waals surface area contributed by atoms with E-state index in [9.17, 15) is 0 Å². The molecule has 1 atom stereocenters. The van der Waals surface area contributed by atoms with Crippen LogP contribution in [0, 0.1) is 0 Å². The molecule has 0 bridgehead atoms. The molecule has 0 spiro atoms. The first-order valence-corrected chi connectivity index (χ1v) is 5.64. The van der Waals surface area contributed by atoms with Gasteiger partial charge in [-0.3, -0.25) is 0 Å². The largest absolute Gasteiger partial charge is 0.416 e. The van der Waals surface area contributed by atoms with Gasteiger partial charge < -0.3 is 4.43 Å². The molecule has 9 heavy (non-hydrogen) atoms. The molecule has 0 N–H and O–H groups in total. The van der Waals surface area contributed by atoms with Crippen LogP contribution in [0.1, 0.15) is 19.3 Å². The first-order chi connectivity index (χ1) is 4.47. The van der Waals surface area contributed by atoms with E-state index >= 15 is 0 Å². The van der Waals surface area contributed by atoms with Crippen LogP contribution in [0.5, 0.6) is 0 Å². The van der Waals surface area contributed by atoms with Crippen molar-refractivity contribution in [3.05, 3.63) is 11.3 Å². The van der Waals surface area contributed by atoms with Crippen LogP contribution in [0.25, 0.3) is 0 Å². The lowest BCUT2D eigenvalue weighted by atomic mass is 10.4. The van der Waals surface area contributed by atoms with Gasteiger partial charge in [-0.15, -0.1) is 0 Å². The summed E-state index contributed by atoms with van der Waals surface area (Å²) in [5.74, 6) is 0. The Labute approximate surface area is 57.4 Å². The third-order valence-corrected chi connectivity index (χ3v) is 4.90. The van der Waals surface area contributed by atoms with Gasteiger partial charge >= 0.3 is 0 Å². The van der Waals surface area contributed by atoms with E-state index in [4.69, 9.17) is 4.43 Å². The molecular formula is C7H12OSi. The maximum atomic E-state index is 5.67. The molecule has 0 amide bonds. The Bertz CT molecular complexity index is 136. The number of allylic oxidation sites excluding steroid dienone is 2. The van der Waals surface area contributed by atoms with Crippen molar-refractivity contribution in [3.8, 4) is 0 Å². The molecule has 1 aliphatic heterocycles. The van der Waals surface area contributed by atoms with Crippen molar-refractivity contribution in [2.75, 3.05) is 6.61 Å². The zero-order valence-electron chi connectivity index (χ0n) is 5.60. The molecule has 0 radical (unpaired) electrons. The van der Waals surface area contributed by atoms with Crippen molar-refractivity contribution in [2.24, 2.45) is 0 Å². The molecular weight excluding hydrogens is 128 g/mol. The van der Waals surface area contributed by atoms with E-state index in [1.807, 2.05) is 0 Å². The molecule has 1 saturated heterocycles. The Morgan fingerprint density at radius 2 is 2.33 bits per heavy atom. The topological polar surface area (TPSA) is 9.23 Å². The average molecular weight is 140 g/mol. The van der Waals surface area contributed by atoms with Crippen molar-refractivity contribution in [3.63, 3.8) is 0 Å². The molecule has 0 aromatic carbocycles. The summed E-state index contributed by atoms with van der Waals surface area (Å²) in [6.07, 6.45) is 6.35. The number of hydrogen-bond acceptors (Lipinski definition) is 1. The quantitative estimate of drug-likeness (QED) is 0.500. The van der Waals surface area contributed by atoms with Crippen LogP contribution in [0.3, 0.4) is 0 Å². The van der Waals surface area contributed by atoms with Crippen molar-refractivity contribution < 1.29 is 4.43 Å². The molecule has 1 aliphatic carbocycles. The molecule has 1 unspecified atom stereocenters. The highest BCUT2D eigenvalue weighted by Crippen LogP contribution is 2.27. The molecule has 0 aromatic heterocycles. The minimum Gasteiger partial charge on any atom is -0.416 e. The van der Waals surface area contributed by atoms with E-state index < -0.39 is 9.04 Å². The maximum absolute atomic E-state index is 5.67. The molecule has 2 aliphatic rings. The predicted octanol–water partition coefficient (Wildman–Crippen LogP) is 1.39. The highest BCUT2D eigenvalue weighted by Gasteiger charge is 2.24. The Kier molecular flexibility index (Phi) is 1.43. The summed E-state index contributed by atoms with van der Waals surface area (Å²) >= 11 is 0. The summed E-state index contributed by atoms with van der Waals surface area (Å²) in [6, 6.07) is 1.41. The fraction of sp³-hybridized carbons (Fsp3) is 0.714. The van der Waals surface area contributed by atoms with Crippen LogP contribution in [0.15, 0.2) is 11.3 Å². The lowest BCUT2D eigenvalue weighted by Gasteiger charge is -2.18. The van der Waals surface area contributed by atoms with E-state index in [2.05, 4.69) is 6.08 Å². The normalized spacial score (nSPS) is 33.8. The van der Waals surface area contributed by atoms with Crippen LogP contribution in [-0.4, -0.2) is 15.6 Å². The second kappa shape index (κ2) is 2.27. The van der Waals surface area contributed by atoms with Crippen LogP contribution in [0.2, 0.25) is 6.04 Å². The van der Waals surface area contributed by atoms with E-state index in [0.29, 0.717) is 0 Å². The van der Waals surface area contributed by atoms with Gasteiger partial charge in [0.15, 0.2) is 0 Å². The standard InChI is InChI=1S/C7H12OSi/c1-2-6-9(8-5-1)7-3-4-7/h3,9H,1-2,4-6H2. The van der Waals surface area contributed by atoms with Gasteiger partial charge in [-0.1, -0.05) is 17.7 Å². The minimum atomic E-state index is -0.727. The summed E-state index contributed by atoms with van der Waals surface area (Å²) in [5.41, 5.74) is 0. The van der Waals surface area contributed by atoms with Gasteiger partial charge in [-0.25, -0.2) is 0 Å². The van der Waals surface area contributed by atoms with Crippen molar-refractivity contribution >= 4 is 9.04 Å². The summed E-state index contributed by atoms with van der Waals surface area (Å²) in [6.45, 7) is 1.05. The summed E-state index contributed by atoms with van der Waals surface area (Å²) in [5, 5.41) is 1.69. The van der Waals surface area contributed by atoms with Crippen LogP contribution >= 0.6 is 0 Å². The minimum absolute atomic E-state index is 0.727. The van der Waals surface area contributed by atoms with Crippen LogP contribution < -0.4 is 0 Å². The monoisotopic (exact) mass is 140 g/mol. The van der Waals surface area contributed by atoms with Crippen molar-refractivity contribution in [2.45, 2.75) is 25.3 Å². The lowest BCUT2D eigenvalue weighted by molar-refractivity contribution is 0.292. The molecule has 1 nitrogen and oxygen atoms in total. The van der Waals surface area contributed by atoms with Gasteiger partial charge in [0, 0.05) is 6.61 Å². The maximum Gasteiger partial charge on any atom is 0.204 e. The van der Waals surface area contributed by atoms with Gasteiger partial charge in [-0.05, 0) is 18.9 Å². The van der Waals surface area contributed by atoms with E-state index in [1.54, 1.807) is 5.20 Å². The average Bonchev–Trinajstić information content (AvgIpc) is 2.71. The van der Waals surface area contributed by atoms with Crippen LogP contribution in [-0.2, 0) is 4.43 Å². The second-order valence-electron chi connectivity index (χ2n) is 2.84. The Hall–Kier alpha value is -0.0831. The highest BCUT2D eigenvalue weighted by atomic mass is 28.3. The molecule has 0 saturated carbocycles. The number of rotatable bonds is 1. The second-order valence-corrected chi connectivity index (χ2v) is 5.47. The fourth-order valence-electron chi connectivity index (χ4n) is 1.35. The molecule has 1 heterocycles.